The van der Waals surface area contributed by atoms with Crippen molar-refractivity contribution in [3.63, 3.8) is 0 Å². The van der Waals surface area contributed by atoms with Crippen molar-refractivity contribution in [2.45, 2.75) is 20.4 Å². The van der Waals surface area contributed by atoms with Crippen LogP contribution in [0, 0.1) is 6.92 Å². The zero-order valence-electron chi connectivity index (χ0n) is 17.0. The molecule has 0 saturated carbocycles. The number of nitrogens with zero attached hydrogens (tertiary/aromatic N) is 2. The standard InChI is InChI=1S/C23H20N4O3S/c1-3-27-23(30)18-7-5-4-6-17(18)19(26-27)21(28)24-25-22(29)20-16(12-13-31-20)15-10-8-14(2)9-11-15/h4-13H,3H2,1-2H3,(H,24,28)(H,25,29). The van der Waals surface area contributed by atoms with Crippen molar-refractivity contribution in [2.75, 3.05) is 0 Å². The van der Waals surface area contributed by atoms with Gasteiger partial charge in [0, 0.05) is 17.5 Å². The summed E-state index contributed by atoms with van der Waals surface area (Å²) < 4.78 is 1.23. The normalized spacial score (nSPS) is 10.8. The largest absolute Gasteiger partial charge is 0.290 e. The first kappa shape index (κ1) is 20.5. The van der Waals surface area contributed by atoms with Crippen LogP contribution in [0.25, 0.3) is 21.9 Å². The van der Waals surface area contributed by atoms with Gasteiger partial charge in [-0.1, -0.05) is 48.0 Å². The third-order valence-corrected chi connectivity index (χ3v) is 5.82. The average molecular weight is 433 g/mol. The van der Waals surface area contributed by atoms with Gasteiger partial charge in [0.25, 0.3) is 17.4 Å². The van der Waals surface area contributed by atoms with Crippen LogP contribution in [0.4, 0.5) is 0 Å². The van der Waals surface area contributed by atoms with Crippen LogP contribution in [0.5, 0.6) is 0 Å². The Balaban J connectivity index is 1.57. The Labute approximate surface area is 182 Å². The summed E-state index contributed by atoms with van der Waals surface area (Å²) in [5.74, 6) is -1.02. The molecular weight excluding hydrogens is 412 g/mol. The van der Waals surface area contributed by atoms with Gasteiger partial charge in [-0.25, -0.2) is 4.68 Å². The molecule has 31 heavy (non-hydrogen) atoms. The first-order valence-corrected chi connectivity index (χ1v) is 10.6. The van der Waals surface area contributed by atoms with Gasteiger partial charge in [-0.3, -0.25) is 25.2 Å². The molecule has 0 spiro atoms. The number of aromatic nitrogens is 2. The molecule has 4 rings (SSSR count). The number of thiophene rings is 1. The summed E-state index contributed by atoms with van der Waals surface area (Å²) in [5, 5.41) is 6.84. The maximum atomic E-state index is 12.8. The fourth-order valence-electron chi connectivity index (χ4n) is 3.29. The van der Waals surface area contributed by atoms with E-state index in [-0.39, 0.29) is 11.3 Å². The molecule has 0 fully saturated rings. The lowest BCUT2D eigenvalue weighted by Gasteiger charge is -2.11. The van der Waals surface area contributed by atoms with E-state index in [1.165, 1.54) is 16.0 Å². The van der Waals surface area contributed by atoms with Crippen molar-refractivity contribution in [1.29, 1.82) is 0 Å². The third-order valence-electron chi connectivity index (χ3n) is 4.91. The number of nitrogens with one attached hydrogen (secondary N) is 2. The Morgan fingerprint density at radius 1 is 0.968 bits per heavy atom. The van der Waals surface area contributed by atoms with Gasteiger partial charge < -0.3 is 0 Å². The van der Waals surface area contributed by atoms with E-state index in [0.29, 0.717) is 22.2 Å². The maximum absolute atomic E-state index is 12.8. The lowest BCUT2D eigenvalue weighted by molar-refractivity contribution is 0.0846. The Morgan fingerprint density at radius 3 is 2.35 bits per heavy atom. The van der Waals surface area contributed by atoms with Crippen molar-refractivity contribution in [2.24, 2.45) is 0 Å². The van der Waals surface area contributed by atoms with Crippen LogP contribution in [0.1, 0.15) is 32.6 Å². The van der Waals surface area contributed by atoms with Crippen molar-refractivity contribution in [1.82, 2.24) is 20.6 Å². The van der Waals surface area contributed by atoms with Gasteiger partial charge in [0.1, 0.15) is 4.88 Å². The van der Waals surface area contributed by atoms with Gasteiger partial charge in [0.15, 0.2) is 5.69 Å². The van der Waals surface area contributed by atoms with Gasteiger partial charge >= 0.3 is 0 Å². The predicted octanol–water partition coefficient (Wildman–Crippen LogP) is 3.53. The average Bonchev–Trinajstić information content (AvgIpc) is 3.28. The molecule has 0 bridgehead atoms. The molecule has 4 aromatic rings. The highest BCUT2D eigenvalue weighted by molar-refractivity contribution is 7.12. The minimum absolute atomic E-state index is 0.0716. The molecule has 0 atom stereocenters. The number of hydrogen-bond donors (Lipinski definition) is 2. The summed E-state index contributed by atoms with van der Waals surface area (Å²) in [6.45, 7) is 4.10. The van der Waals surface area contributed by atoms with E-state index in [9.17, 15) is 14.4 Å². The van der Waals surface area contributed by atoms with Crippen LogP contribution in [-0.2, 0) is 6.54 Å². The number of hydrazine groups is 1. The van der Waals surface area contributed by atoms with Crippen LogP contribution in [0.15, 0.2) is 64.8 Å². The molecule has 8 heteroatoms. The van der Waals surface area contributed by atoms with Crippen LogP contribution in [0.2, 0.25) is 0 Å². The molecule has 0 aliphatic heterocycles. The minimum Gasteiger partial charge on any atom is -0.267 e. The smallest absolute Gasteiger partial charge is 0.267 e. The predicted molar refractivity (Wildman–Crippen MR) is 121 cm³/mol. The van der Waals surface area contributed by atoms with Crippen LogP contribution in [0.3, 0.4) is 0 Å². The zero-order chi connectivity index (χ0) is 22.0. The van der Waals surface area contributed by atoms with Gasteiger partial charge in [-0.15, -0.1) is 11.3 Å². The number of fused-ring (bicyclic) bond motifs is 1. The Bertz CT molecular complexity index is 1340. The first-order chi connectivity index (χ1) is 15.0. The molecule has 0 aliphatic carbocycles. The van der Waals surface area contributed by atoms with E-state index in [1.54, 1.807) is 31.2 Å². The van der Waals surface area contributed by atoms with Crippen molar-refractivity contribution >= 4 is 33.9 Å². The van der Waals surface area contributed by atoms with E-state index in [2.05, 4.69) is 16.0 Å². The summed E-state index contributed by atoms with van der Waals surface area (Å²) in [6.07, 6.45) is 0. The SMILES string of the molecule is CCn1nc(C(=O)NNC(=O)c2sccc2-c2ccc(C)cc2)c2ccccc2c1=O. The number of carbonyl (C=O) groups is 2. The molecule has 2 N–H and O–H groups in total. The summed E-state index contributed by atoms with van der Waals surface area (Å²) in [5.41, 5.74) is 7.55. The highest BCUT2D eigenvalue weighted by Crippen LogP contribution is 2.28. The molecule has 2 aromatic heterocycles. The van der Waals surface area contributed by atoms with Crippen molar-refractivity contribution < 1.29 is 9.59 Å². The lowest BCUT2D eigenvalue weighted by Crippen LogP contribution is -2.42. The Morgan fingerprint density at radius 2 is 1.65 bits per heavy atom. The topological polar surface area (TPSA) is 93.1 Å². The van der Waals surface area contributed by atoms with E-state index >= 15 is 0 Å². The molecule has 2 aromatic carbocycles. The molecule has 0 radical (unpaired) electrons. The van der Waals surface area contributed by atoms with Gasteiger partial charge in [0.2, 0.25) is 0 Å². The summed E-state index contributed by atoms with van der Waals surface area (Å²) in [4.78, 5) is 38.5. The minimum atomic E-state index is -0.597. The first-order valence-electron chi connectivity index (χ1n) is 9.74. The molecule has 0 aliphatic rings. The molecule has 7 nitrogen and oxygen atoms in total. The number of rotatable bonds is 4. The van der Waals surface area contributed by atoms with Crippen LogP contribution >= 0.6 is 11.3 Å². The second-order valence-electron chi connectivity index (χ2n) is 6.95. The highest BCUT2D eigenvalue weighted by atomic mass is 32.1. The highest BCUT2D eigenvalue weighted by Gasteiger charge is 2.19. The summed E-state index contributed by atoms with van der Waals surface area (Å²) >= 11 is 1.29. The van der Waals surface area contributed by atoms with Crippen LogP contribution in [-0.4, -0.2) is 21.6 Å². The maximum Gasteiger partial charge on any atom is 0.290 e. The quantitative estimate of drug-likeness (QED) is 0.483. The number of hydrogen-bond acceptors (Lipinski definition) is 5. The molecule has 0 saturated heterocycles. The molecular formula is C23H20N4O3S. The monoisotopic (exact) mass is 432 g/mol. The van der Waals surface area contributed by atoms with Crippen molar-refractivity contribution in [3.8, 4) is 11.1 Å². The zero-order valence-corrected chi connectivity index (χ0v) is 17.8. The number of aryl methyl sites for hydroxylation is 2. The van der Waals surface area contributed by atoms with Gasteiger partial charge in [0.05, 0.1) is 5.39 Å². The fraction of sp³-hybridized carbons (Fsp3) is 0.130. The molecule has 156 valence electrons. The Hall–Kier alpha value is -3.78. The number of benzene rings is 2. The summed E-state index contributed by atoms with van der Waals surface area (Å²) in [6, 6.07) is 16.5. The molecule has 0 unspecified atom stereocenters. The van der Waals surface area contributed by atoms with Gasteiger partial charge in [-0.2, -0.15) is 5.10 Å². The third kappa shape index (κ3) is 3.97. The number of carbonyl (C=O) groups excluding carboxylic acids is 2. The van der Waals surface area contributed by atoms with Crippen LogP contribution < -0.4 is 16.4 Å². The van der Waals surface area contributed by atoms with Crippen molar-refractivity contribution in [3.05, 3.63) is 86.5 Å². The van der Waals surface area contributed by atoms with E-state index in [0.717, 1.165) is 16.7 Å². The molecule has 2 amide bonds. The summed E-state index contributed by atoms with van der Waals surface area (Å²) in [7, 11) is 0. The molecule has 2 heterocycles. The second-order valence-corrected chi connectivity index (χ2v) is 7.87. The van der Waals surface area contributed by atoms with E-state index < -0.39 is 11.8 Å². The number of amides is 2. The fourth-order valence-corrected chi connectivity index (χ4v) is 4.10. The lowest BCUT2D eigenvalue weighted by atomic mass is 10.1. The van der Waals surface area contributed by atoms with Gasteiger partial charge in [-0.05, 0) is 36.9 Å². The van der Waals surface area contributed by atoms with E-state index in [4.69, 9.17) is 0 Å². The Kier molecular flexibility index (Phi) is 5.64. The van der Waals surface area contributed by atoms with E-state index in [1.807, 2.05) is 42.6 Å². The second kappa shape index (κ2) is 8.53.